The molecule has 2 atom stereocenters. The summed E-state index contributed by atoms with van der Waals surface area (Å²) in [6, 6.07) is 48.8. The van der Waals surface area contributed by atoms with Crippen molar-refractivity contribution in [3.63, 3.8) is 0 Å². The number of benzene rings is 6. The number of para-hydroxylation sites is 9. The number of anilines is 3. The van der Waals surface area contributed by atoms with Gasteiger partial charge in [-0.2, -0.15) is 0 Å². The van der Waals surface area contributed by atoms with E-state index in [0.717, 1.165) is 0 Å². The highest BCUT2D eigenvalue weighted by Gasteiger charge is 2.58. The van der Waals surface area contributed by atoms with Crippen molar-refractivity contribution in [3.05, 3.63) is 164 Å². The number of hydrogen-bond donors (Lipinski definition) is 3. The minimum absolute atomic E-state index is 0.278. The van der Waals surface area contributed by atoms with Crippen LogP contribution in [0, 0.1) is 0 Å². The molecule has 0 saturated heterocycles. The van der Waals surface area contributed by atoms with Crippen LogP contribution in [0.1, 0.15) is 0 Å². The van der Waals surface area contributed by atoms with E-state index in [1.165, 1.54) is 9.21 Å². The lowest BCUT2D eigenvalue weighted by Gasteiger charge is -2.44. The Morgan fingerprint density at radius 1 is 0.451 bits per heavy atom. The van der Waals surface area contributed by atoms with Gasteiger partial charge < -0.3 is 45.0 Å². The fourth-order valence-corrected chi connectivity index (χ4v) is 12.1. The van der Waals surface area contributed by atoms with Crippen LogP contribution in [-0.2, 0) is 0 Å². The maximum atomic E-state index is 6.88. The lowest BCUT2D eigenvalue weighted by Crippen LogP contribution is -2.37. The molecule has 12 nitrogen and oxygen atoms in total. The Kier molecular flexibility index (Phi) is 10.4. The first-order valence-electron chi connectivity index (χ1n) is 15.6. The summed E-state index contributed by atoms with van der Waals surface area (Å²) < 4.78 is 35.5. The van der Waals surface area contributed by atoms with Crippen LogP contribution in [0.3, 0.4) is 0 Å². The van der Waals surface area contributed by atoms with Crippen LogP contribution in [0.2, 0.25) is 0 Å². The summed E-state index contributed by atoms with van der Waals surface area (Å²) in [6.45, 7) is 0. The van der Waals surface area contributed by atoms with Crippen molar-refractivity contribution in [3.8, 4) is 34.5 Å². The largest absolute Gasteiger partial charge is 0.447 e. The molecule has 0 fully saturated rings. The highest BCUT2D eigenvalue weighted by atomic mass is 31.3. The van der Waals surface area contributed by atoms with Crippen molar-refractivity contribution in [2.75, 3.05) is 17.2 Å². The van der Waals surface area contributed by atoms with Crippen molar-refractivity contribution in [1.29, 1.82) is 0 Å². The predicted octanol–water partition coefficient (Wildman–Crippen LogP) is 10.1. The second kappa shape index (κ2) is 15.6. The van der Waals surface area contributed by atoms with Crippen molar-refractivity contribution in [2.45, 2.75) is 0 Å². The first-order chi connectivity index (χ1) is 25.0. The number of nitrogen functional groups attached to an aromatic ring is 3. The van der Waals surface area contributed by atoms with E-state index in [1.54, 1.807) is 72.8 Å². The zero-order valence-electron chi connectivity index (χ0n) is 27.0. The molecule has 0 aliphatic carbocycles. The summed E-state index contributed by atoms with van der Waals surface area (Å²) in [5, 5.41) is 0. The van der Waals surface area contributed by atoms with E-state index in [9.17, 15) is 0 Å². The van der Waals surface area contributed by atoms with Gasteiger partial charge in [-0.1, -0.05) is 91.0 Å². The predicted molar refractivity (Wildman–Crippen MR) is 203 cm³/mol. The normalized spacial score (nSPS) is 17.0. The van der Waals surface area contributed by atoms with Gasteiger partial charge in [-0.15, -0.1) is 4.52 Å². The summed E-state index contributed by atoms with van der Waals surface area (Å²) in [6.07, 6.45) is 0. The Balaban J connectivity index is 1.50. The van der Waals surface area contributed by atoms with Crippen molar-refractivity contribution < 1.29 is 27.8 Å². The number of nitrogens with two attached hydrogens (primary N) is 3. The minimum atomic E-state index is -4.01. The van der Waals surface area contributed by atoms with Gasteiger partial charge in [-0.25, -0.2) is 0 Å². The van der Waals surface area contributed by atoms with Gasteiger partial charge in [0.25, 0.3) is 0 Å². The second-order valence-electron chi connectivity index (χ2n) is 10.7. The van der Waals surface area contributed by atoms with Crippen molar-refractivity contribution >= 4 is 41.6 Å². The Bertz CT molecular complexity index is 2070. The lowest BCUT2D eigenvalue weighted by atomic mass is 10.3. The molecule has 1 aliphatic heterocycles. The van der Waals surface area contributed by atoms with Gasteiger partial charge in [-0.3, -0.25) is 0 Å². The van der Waals surface area contributed by atoms with Crippen molar-refractivity contribution in [1.82, 2.24) is 9.21 Å². The number of rotatable bonds is 12. The fourth-order valence-electron chi connectivity index (χ4n) is 4.56. The molecule has 1 heterocycles. The molecule has 258 valence electrons. The topological polar surface area (TPSA) is 152 Å². The van der Waals surface area contributed by atoms with E-state index in [2.05, 4.69) is 0 Å². The zero-order valence-corrected chi connectivity index (χ0v) is 29.6. The molecule has 6 aromatic carbocycles. The van der Waals surface area contributed by atoms with E-state index in [0.29, 0.717) is 34.3 Å². The molecule has 51 heavy (non-hydrogen) atoms. The van der Waals surface area contributed by atoms with Gasteiger partial charge in [-0.05, 0) is 72.8 Å². The Morgan fingerprint density at radius 2 is 0.863 bits per heavy atom. The smallest absolute Gasteiger partial charge is 0.440 e. The first kappa shape index (κ1) is 34.0. The third kappa shape index (κ3) is 7.97. The van der Waals surface area contributed by atoms with Crippen LogP contribution in [0.15, 0.2) is 168 Å². The van der Waals surface area contributed by atoms with Gasteiger partial charge in [0.15, 0.2) is 17.2 Å². The van der Waals surface area contributed by atoms with E-state index in [-0.39, 0.29) is 17.2 Å². The van der Waals surface area contributed by atoms with Crippen molar-refractivity contribution in [2.24, 2.45) is 4.52 Å². The van der Waals surface area contributed by atoms with Crippen LogP contribution in [0.25, 0.3) is 0 Å². The molecule has 0 radical (unpaired) electrons. The lowest BCUT2D eigenvalue weighted by molar-refractivity contribution is 0.0552. The molecule has 0 bridgehead atoms. The van der Waals surface area contributed by atoms with E-state index >= 15 is 0 Å². The molecule has 0 aromatic heterocycles. The van der Waals surface area contributed by atoms with E-state index < -0.39 is 24.6 Å². The highest BCUT2D eigenvalue weighted by molar-refractivity contribution is 7.78. The third-order valence-corrected chi connectivity index (χ3v) is 13.8. The Hall–Kier alpha value is -5.47. The highest BCUT2D eigenvalue weighted by Crippen LogP contribution is 2.78. The molecule has 6 N–H and O–H groups in total. The van der Waals surface area contributed by atoms with Gasteiger partial charge in [0.2, 0.25) is 0 Å². The summed E-state index contributed by atoms with van der Waals surface area (Å²) in [5.74, 6) is 2.34. The summed E-state index contributed by atoms with van der Waals surface area (Å²) in [4.78, 5) is 13.4. The first-order valence-corrected chi connectivity index (χ1v) is 19.5. The third-order valence-electron chi connectivity index (χ3n) is 7.01. The molecule has 0 amide bonds. The fraction of sp³-hybridized carbons (Fsp3) is 0. The standard InChI is InChI=1S/C36H33N6O6P3/c37-31-22-10-13-25-34(31)44-42-50(46-30-20-8-3-9-21-30)41(43-28-16-4-1-5-17-28)49(45-29-18-6-2-7-19-29)40-51(42,47-35-26-14-11-23-32(35)38)48-36-27-15-12-24-33(36)39/h1-27H,37-39H2. The zero-order chi connectivity index (χ0) is 35.0. The van der Waals surface area contributed by atoms with Crippen LogP contribution in [-0.4, -0.2) is 9.21 Å². The quantitative estimate of drug-likeness (QED) is 0.0812. The molecule has 0 spiro atoms. The number of nitrogens with zero attached hydrogens (tertiary/aromatic N) is 3. The molecule has 7 rings (SSSR count). The molecular weight excluding hydrogens is 705 g/mol. The average molecular weight is 739 g/mol. The summed E-state index contributed by atoms with van der Waals surface area (Å²) in [5.41, 5.74) is 20.5. The SMILES string of the molecule is Nc1ccccc1ON1P(Oc2ccccc2)N(Oc2ccccc2)P(Oc2ccccc2)N=P1(Oc1ccccc1N)Oc1ccccc1N. The molecular formula is C36H33N6O6P3. The maximum absolute atomic E-state index is 6.88. The Labute approximate surface area is 297 Å². The van der Waals surface area contributed by atoms with E-state index in [4.69, 9.17) is 49.5 Å². The maximum Gasteiger partial charge on any atom is 0.447 e. The average Bonchev–Trinajstić information content (AvgIpc) is 3.15. The molecule has 15 heteroatoms. The van der Waals surface area contributed by atoms with Gasteiger partial charge in [0.1, 0.15) is 17.2 Å². The molecule has 0 saturated carbocycles. The van der Waals surface area contributed by atoms with Gasteiger partial charge >= 0.3 is 24.6 Å². The molecule has 2 unspecified atom stereocenters. The summed E-state index contributed by atoms with van der Waals surface area (Å²) in [7, 11) is -8.45. The van der Waals surface area contributed by atoms with Gasteiger partial charge in [0, 0.05) is 9.21 Å². The molecule has 6 aromatic rings. The summed E-state index contributed by atoms with van der Waals surface area (Å²) >= 11 is 0. The van der Waals surface area contributed by atoms with E-state index in [1.807, 2.05) is 91.0 Å². The monoisotopic (exact) mass is 738 g/mol. The second-order valence-corrected chi connectivity index (χ2v) is 16.2. The number of hydrogen-bond acceptors (Lipinski definition) is 12. The van der Waals surface area contributed by atoms with Gasteiger partial charge in [0.05, 0.1) is 17.1 Å². The van der Waals surface area contributed by atoms with Crippen LogP contribution >= 0.6 is 24.6 Å². The minimum Gasteiger partial charge on any atom is -0.440 e. The van der Waals surface area contributed by atoms with Crippen LogP contribution < -0.4 is 45.0 Å². The Morgan fingerprint density at radius 3 is 1.35 bits per heavy atom. The van der Waals surface area contributed by atoms with Crippen LogP contribution in [0.5, 0.6) is 34.5 Å². The van der Waals surface area contributed by atoms with Crippen LogP contribution in [0.4, 0.5) is 17.1 Å². The molecule has 1 aliphatic rings.